The van der Waals surface area contributed by atoms with Crippen molar-refractivity contribution >= 4 is 12.1 Å². The van der Waals surface area contributed by atoms with Crippen LogP contribution < -0.4 is 25.4 Å². The van der Waals surface area contributed by atoms with E-state index in [-0.39, 0.29) is 0 Å². The predicted molar refractivity (Wildman–Crippen MR) is 124 cm³/mol. The number of ether oxygens (including phenoxy) is 3. The number of carbonyl (C=O) groups is 1. The standard InChI is InChI=1S/C23H33N5O4/c1-6-30-18-7-9-19(10-8-18)31-20-15-17(11-12-25-20)16-28-21(24-5)26-13-14-27-22(29)32-23(2,3)4/h7-12,15H,6,13-14,16H2,1-5H3,(H,27,29)(H2,24,26,28). The maximum Gasteiger partial charge on any atom is 0.407 e. The Hall–Kier alpha value is -3.49. The number of rotatable bonds is 9. The summed E-state index contributed by atoms with van der Waals surface area (Å²) in [6.45, 7) is 9.47. The fraction of sp³-hybridized carbons (Fsp3) is 0.435. The van der Waals surface area contributed by atoms with Gasteiger partial charge in [-0.05, 0) is 63.6 Å². The van der Waals surface area contributed by atoms with E-state index in [1.54, 1.807) is 13.2 Å². The predicted octanol–water partition coefficient (Wildman–Crippen LogP) is 3.46. The molecule has 174 valence electrons. The third-order valence-electron chi connectivity index (χ3n) is 3.93. The first kappa shape index (κ1) is 24.8. The maximum absolute atomic E-state index is 11.7. The molecule has 0 unspecified atom stereocenters. The molecule has 0 bridgehead atoms. The highest BCUT2D eigenvalue weighted by Crippen LogP contribution is 2.23. The second kappa shape index (κ2) is 12.4. The van der Waals surface area contributed by atoms with Crippen molar-refractivity contribution in [2.75, 3.05) is 26.7 Å². The van der Waals surface area contributed by atoms with Gasteiger partial charge in [0.15, 0.2) is 5.96 Å². The molecule has 1 aromatic heterocycles. The van der Waals surface area contributed by atoms with Crippen LogP contribution in [0.5, 0.6) is 17.4 Å². The summed E-state index contributed by atoms with van der Waals surface area (Å²) < 4.78 is 16.5. The van der Waals surface area contributed by atoms with Gasteiger partial charge in [0.2, 0.25) is 5.88 Å². The summed E-state index contributed by atoms with van der Waals surface area (Å²) in [5, 5.41) is 9.05. The number of aromatic nitrogens is 1. The van der Waals surface area contributed by atoms with Crippen molar-refractivity contribution in [3.05, 3.63) is 48.2 Å². The van der Waals surface area contributed by atoms with Crippen LogP contribution >= 0.6 is 0 Å². The topological polar surface area (TPSA) is 106 Å². The first-order valence-electron chi connectivity index (χ1n) is 10.6. The summed E-state index contributed by atoms with van der Waals surface area (Å²) in [4.78, 5) is 20.1. The number of nitrogens with zero attached hydrogens (tertiary/aromatic N) is 2. The largest absolute Gasteiger partial charge is 0.494 e. The molecule has 0 aliphatic heterocycles. The lowest BCUT2D eigenvalue weighted by Crippen LogP contribution is -2.42. The lowest BCUT2D eigenvalue weighted by molar-refractivity contribution is 0.0529. The highest BCUT2D eigenvalue weighted by Gasteiger charge is 2.15. The van der Waals surface area contributed by atoms with E-state index in [0.29, 0.717) is 43.8 Å². The van der Waals surface area contributed by atoms with Gasteiger partial charge in [-0.25, -0.2) is 9.78 Å². The van der Waals surface area contributed by atoms with Gasteiger partial charge < -0.3 is 30.2 Å². The molecule has 0 saturated carbocycles. The maximum atomic E-state index is 11.7. The summed E-state index contributed by atoms with van der Waals surface area (Å²) >= 11 is 0. The fourth-order valence-corrected chi connectivity index (χ4v) is 2.57. The van der Waals surface area contributed by atoms with Crippen LogP contribution in [0.25, 0.3) is 0 Å². The minimum Gasteiger partial charge on any atom is -0.494 e. The lowest BCUT2D eigenvalue weighted by Gasteiger charge is -2.20. The first-order chi connectivity index (χ1) is 15.3. The van der Waals surface area contributed by atoms with E-state index in [4.69, 9.17) is 14.2 Å². The molecule has 1 amide bonds. The number of carbonyl (C=O) groups excluding carboxylic acids is 1. The lowest BCUT2D eigenvalue weighted by atomic mass is 10.2. The third kappa shape index (κ3) is 9.55. The van der Waals surface area contributed by atoms with Gasteiger partial charge >= 0.3 is 6.09 Å². The Morgan fingerprint density at radius 2 is 1.72 bits per heavy atom. The Bertz CT molecular complexity index is 879. The molecule has 9 nitrogen and oxygen atoms in total. The van der Waals surface area contributed by atoms with E-state index in [0.717, 1.165) is 11.3 Å². The summed E-state index contributed by atoms with van der Waals surface area (Å²) in [6.07, 6.45) is 1.25. The normalized spacial score (nSPS) is 11.5. The van der Waals surface area contributed by atoms with E-state index in [9.17, 15) is 4.79 Å². The smallest absolute Gasteiger partial charge is 0.407 e. The molecule has 2 rings (SSSR count). The Morgan fingerprint density at radius 1 is 1.03 bits per heavy atom. The average Bonchev–Trinajstić information content (AvgIpc) is 2.74. The molecule has 0 saturated heterocycles. The molecule has 2 aromatic rings. The van der Waals surface area contributed by atoms with Crippen molar-refractivity contribution in [2.24, 2.45) is 4.99 Å². The van der Waals surface area contributed by atoms with Crippen molar-refractivity contribution < 1.29 is 19.0 Å². The molecule has 0 radical (unpaired) electrons. The van der Waals surface area contributed by atoms with Crippen LogP contribution in [-0.4, -0.2) is 49.4 Å². The van der Waals surface area contributed by atoms with Gasteiger partial charge in [0.05, 0.1) is 6.61 Å². The molecule has 3 N–H and O–H groups in total. The summed E-state index contributed by atoms with van der Waals surface area (Å²) in [5.74, 6) is 2.59. The fourth-order valence-electron chi connectivity index (χ4n) is 2.57. The molecule has 32 heavy (non-hydrogen) atoms. The molecule has 0 fully saturated rings. The first-order valence-corrected chi connectivity index (χ1v) is 10.6. The summed E-state index contributed by atoms with van der Waals surface area (Å²) in [7, 11) is 1.68. The van der Waals surface area contributed by atoms with Crippen molar-refractivity contribution in [1.82, 2.24) is 20.9 Å². The Balaban J connectivity index is 1.78. The second-order valence-electron chi connectivity index (χ2n) is 7.79. The zero-order chi connectivity index (χ0) is 23.4. The van der Waals surface area contributed by atoms with Gasteiger partial charge in [-0.2, -0.15) is 0 Å². The number of hydrogen-bond donors (Lipinski definition) is 3. The molecular weight excluding hydrogens is 410 g/mol. The zero-order valence-corrected chi connectivity index (χ0v) is 19.4. The number of benzene rings is 1. The number of amides is 1. The minimum absolute atomic E-state index is 0.408. The van der Waals surface area contributed by atoms with Crippen LogP contribution in [0.3, 0.4) is 0 Å². The average molecular weight is 444 g/mol. The van der Waals surface area contributed by atoms with E-state index in [1.165, 1.54) is 0 Å². The van der Waals surface area contributed by atoms with Crippen LogP contribution in [-0.2, 0) is 11.3 Å². The number of aliphatic imine (C=N–C) groups is 1. The minimum atomic E-state index is -0.519. The van der Waals surface area contributed by atoms with Gasteiger partial charge in [-0.3, -0.25) is 4.99 Å². The Labute approximate surface area is 189 Å². The monoisotopic (exact) mass is 443 g/mol. The number of pyridine rings is 1. The second-order valence-corrected chi connectivity index (χ2v) is 7.79. The van der Waals surface area contributed by atoms with Gasteiger partial charge in [0.1, 0.15) is 17.1 Å². The Kier molecular flexibility index (Phi) is 9.59. The Morgan fingerprint density at radius 3 is 2.38 bits per heavy atom. The molecule has 0 aliphatic rings. The van der Waals surface area contributed by atoms with Gasteiger partial charge in [0, 0.05) is 38.9 Å². The zero-order valence-electron chi connectivity index (χ0n) is 19.4. The number of alkyl carbamates (subject to hydrolysis) is 1. The third-order valence-corrected chi connectivity index (χ3v) is 3.93. The van der Waals surface area contributed by atoms with Crippen LogP contribution in [0.1, 0.15) is 33.3 Å². The van der Waals surface area contributed by atoms with Crippen LogP contribution in [0, 0.1) is 0 Å². The van der Waals surface area contributed by atoms with Crippen LogP contribution in [0.4, 0.5) is 4.79 Å². The van der Waals surface area contributed by atoms with Crippen molar-refractivity contribution in [1.29, 1.82) is 0 Å². The number of nitrogens with one attached hydrogen (secondary N) is 3. The molecule has 9 heteroatoms. The van der Waals surface area contributed by atoms with Gasteiger partial charge in [-0.1, -0.05) is 0 Å². The highest BCUT2D eigenvalue weighted by atomic mass is 16.6. The van der Waals surface area contributed by atoms with Gasteiger partial charge in [-0.15, -0.1) is 0 Å². The van der Waals surface area contributed by atoms with Crippen molar-refractivity contribution in [3.8, 4) is 17.4 Å². The number of hydrogen-bond acceptors (Lipinski definition) is 6. The quantitative estimate of drug-likeness (QED) is 0.310. The molecule has 0 atom stereocenters. The SMILES string of the molecule is CCOc1ccc(Oc2cc(CNC(=NC)NCCNC(=O)OC(C)(C)C)ccn2)cc1. The van der Waals surface area contributed by atoms with Gasteiger partial charge in [0.25, 0.3) is 0 Å². The molecule has 1 heterocycles. The van der Waals surface area contributed by atoms with Crippen LogP contribution in [0.2, 0.25) is 0 Å². The molecule has 0 aliphatic carbocycles. The van der Waals surface area contributed by atoms with Crippen molar-refractivity contribution in [2.45, 2.75) is 39.8 Å². The molecule has 0 spiro atoms. The van der Waals surface area contributed by atoms with E-state index in [2.05, 4.69) is 25.9 Å². The highest BCUT2D eigenvalue weighted by molar-refractivity contribution is 5.79. The van der Waals surface area contributed by atoms with Crippen molar-refractivity contribution in [3.63, 3.8) is 0 Å². The molecular formula is C23H33N5O4. The number of guanidine groups is 1. The van der Waals surface area contributed by atoms with E-state index in [1.807, 2.05) is 64.1 Å². The van der Waals surface area contributed by atoms with E-state index >= 15 is 0 Å². The van der Waals surface area contributed by atoms with Crippen LogP contribution in [0.15, 0.2) is 47.6 Å². The molecule has 1 aromatic carbocycles. The summed E-state index contributed by atoms with van der Waals surface area (Å²) in [6, 6.07) is 11.2. The summed E-state index contributed by atoms with van der Waals surface area (Å²) in [5.41, 5.74) is 0.463. The van der Waals surface area contributed by atoms with E-state index < -0.39 is 11.7 Å².